The molecule has 0 amide bonds. The summed E-state index contributed by atoms with van der Waals surface area (Å²) in [7, 11) is 1.72. The summed E-state index contributed by atoms with van der Waals surface area (Å²) in [5, 5.41) is 0.366. The number of benzene rings is 1. The molecular formula is C18H24FN3O. The minimum Gasteiger partial charge on any atom is -0.342 e. The Balaban J connectivity index is 2.14. The Morgan fingerprint density at radius 2 is 1.91 bits per heavy atom. The van der Waals surface area contributed by atoms with Crippen LogP contribution in [0.15, 0.2) is 16.9 Å². The first kappa shape index (κ1) is 16.0. The third-order valence-electron chi connectivity index (χ3n) is 4.98. The largest absolute Gasteiger partial charge is 0.342 e. The third-order valence-corrected chi connectivity index (χ3v) is 4.98. The number of halogens is 1. The summed E-state index contributed by atoms with van der Waals surface area (Å²) in [5.74, 6) is 0.319. The first-order valence-electron chi connectivity index (χ1n) is 8.26. The first-order valence-corrected chi connectivity index (χ1v) is 8.26. The van der Waals surface area contributed by atoms with Gasteiger partial charge in [-0.3, -0.25) is 9.36 Å². The second-order valence-corrected chi connectivity index (χ2v) is 7.24. The van der Waals surface area contributed by atoms with Crippen molar-refractivity contribution in [3.8, 4) is 0 Å². The Kier molecular flexibility index (Phi) is 3.90. The maximum atomic E-state index is 13.8. The van der Waals surface area contributed by atoms with E-state index in [1.807, 2.05) is 6.92 Å². The highest BCUT2D eigenvalue weighted by Crippen LogP contribution is 2.31. The van der Waals surface area contributed by atoms with Crippen LogP contribution in [-0.4, -0.2) is 22.6 Å². The Labute approximate surface area is 135 Å². The van der Waals surface area contributed by atoms with Gasteiger partial charge in [-0.05, 0) is 42.4 Å². The molecule has 0 unspecified atom stereocenters. The monoisotopic (exact) mass is 317 g/mol. The zero-order chi connectivity index (χ0) is 16.8. The molecule has 0 radical (unpaired) electrons. The highest BCUT2D eigenvalue weighted by atomic mass is 19.1. The Bertz CT molecular complexity index is 800. The van der Waals surface area contributed by atoms with E-state index < -0.39 is 0 Å². The van der Waals surface area contributed by atoms with Gasteiger partial charge < -0.3 is 4.90 Å². The second kappa shape index (κ2) is 5.62. The highest BCUT2D eigenvalue weighted by molar-refractivity contribution is 5.82. The van der Waals surface area contributed by atoms with Crippen molar-refractivity contribution < 1.29 is 4.39 Å². The molecular weight excluding hydrogens is 293 g/mol. The number of hydrogen-bond acceptors (Lipinski definition) is 3. The number of aryl methyl sites for hydroxylation is 1. The summed E-state index contributed by atoms with van der Waals surface area (Å²) >= 11 is 0. The highest BCUT2D eigenvalue weighted by Gasteiger charge is 2.27. The molecule has 1 fully saturated rings. The average Bonchev–Trinajstić information content (AvgIpc) is 2.51. The molecule has 23 heavy (non-hydrogen) atoms. The summed E-state index contributed by atoms with van der Waals surface area (Å²) in [6.07, 6.45) is 2.80. The van der Waals surface area contributed by atoms with E-state index in [1.54, 1.807) is 11.6 Å². The Morgan fingerprint density at radius 3 is 2.52 bits per heavy atom. The summed E-state index contributed by atoms with van der Waals surface area (Å²) in [5.41, 5.74) is 1.58. The van der Waals surface area contributed by atoms with Gasteiger partial charge in [-0.25, -0.2) is 9.37 Å². The molecule has 0 bridgehead atoms. The van der Waals surface area contributed by atoms with Crippen molar-refractivity contribution in [2.75, 3.05) is 18.0 Å². The number of fused-ring (bicyclic) bond motifs is 1. The molecule has 1 aliphatic rings. The van der Waals surface area contributed by atoms with Crippen molar-refractivity contribution in [3.63, 3.8) is 0 Å². The topological polar surface area (TPSA) is 38.1 Å². The summed E-state index contributed by atoms with van der Waals surface area (Å²) < 4.78 is 15.3. The van der Waals surface area contributed by atoms with Gasteiger partial charge in [0.05, 0.1) is 10.9 Å². The normalized spacial score (nSPS) is 17.7. The van der Waals surface area contributed by atoms with Crippen molar-refractivity contribution in [3.05, 3.63) is 33.9 Å². The maximum Gasteiger partial charge on any atom is 0.262 e. The van der Waals surface area contributed by atoms with Crippen LogP contribution in [0.4, 0.5) is 10.3 Å². The molecule has 2 aromatic rings. The predicted octanol–water partition coefficient (Wildman–Crippen LogP) is 3.26. The van der Waals surface area contributed by atoms with Crippen molar-refractivity contribution in [2.45, 2.75) is 40.0 Å². The zero-order valence-electron chi connectivity index (χ0n) is 14.3. The minimum atomic E-state index is -0.374. The predicted molar refractivity (Wildman–Crippen MR) is 91.5 cm³/mol. The van der Waals surface area contributed by atoms with Crippen LogP contribution in [0.5, 0.6) is 0 Å². The van der Waals surface area contributed by atoms with E-state index in [1.165, 1.54) is 12.1 Å². The lowest BCUT2D eigenvalue weighted by atomic mass is 9.83. The zero-order valence-corrected chi connectivity index (χ0v) is 14.3. The fraction of sp³-hybridized carbons (Fsp3) is 0.556. The summed E-state index contributed by atoms with van der Waals surface area (Å²) in [6.45, 7) is 8.28. The molecule has 0 atom stereocenters. The number of nitrogens with zero attached hydrogens (tertiary/aromatic N) is 3. The number of hydrogen-bond donors (Lipinski definition) is 0. The van der Waals surface area contributed by atoms with Crippen LogP contribution in [0.2, 0.25) is 0 Å². The third kappa shape index (κ3) is 2.84. The van der Waals surface area contributed by atoms with Gasteiger partial charge in [-0.15, -0.1) is 0 Å². The molecule has 0 saturated carbocycles. The number of rotatable bonds is 2. The van der Waals surface area contributed by atoms with Gasteiger partial charge in [0.1, 0.15) is 5.82 Å². The van der Waals surface area contributed by atoms with E-state index in [-0.39, 0.29) is 11.4 Å². The minimum absolute atomic E-state index is 0.177. The lowest BCUT2D eigenvalue weighted by molar-refractivity contribution is 0.277. The molecule has 1 saturated heterocycles. The van der Waals surface area contributed by atoms with Crippen molar-refractivity contribution >= 4 is 16.9 Å². The molecule has 124 valence electrons. The molecule has 0 N–H and O–H groups in total. The lowest BCUT2D eigenvalue weighted by Crippen LogP contribution is -2.40. The molecule has 3 rings (SSSR count). The van der Waals surface area contributed by atoms with Crippen LogP contribution >= 0.6 is 0 Å². The van der Waals surface area contributed by atoms with Gasteiger partial charge >= 0.3 is 0 Å². The fourth-order valence-corrected chi connectivity index (χ4v) is 3.26. The molecule has 1 aromatic carbocycles. The van der Waals surface area contributed by atoms with Gasteiger partial charge in [-0.2, -0.15) is 0 Å². The van der Waals surface area contributed by atoms with Crippen LogP contribution < -0.4 is 10.5 Å². The lowest BCUT2D eigenvalue weighted by Gasteiger charge is -2.37. The molecule has 1 aromatic heterocycles. The van der Waals surface area contributed by atoms with Crippen LogP contribution in [0.25, 0.3) is 10.9 Å². The first-order chi connectivity index (χ1) is 10.8. The van der Waals surface area contributed by atoms with Crippen LogP contribution in [0.1, 0.15) is 39.2 Å². The van der Waals surface area contributed by atoms with E-state index in [0.717, 1.165) is 31.5 Å². The SMILES string of the molecule is CCc1cc(F)cc2c(=O)n(C)c(N3CCC(C)(C)CC3)nc12. The average molecular weight is 317 g/mol. The van der Waals surface area contributed by atoms with Crippen LogP contribution in [0.3, 0.4) is 0 Å². The van der Waals surface area contributed by atoms with Crippen molar-refractivity contribution in [2.24, 2.45) is 12.5 Å². The van der Waals surface area contributed by atoms with E-state index in [2.05, 4.69) is 18.7 Å². The van der Waals surface area contributed by atoms with Crippen LogP contribution in [-0.2, 0) is 13.5 Å². The molecule has 0 spiro atoms. The van der Waals surface area contributed by atoms with Gasteiger partial charge in [-0.1, -0.05) is 20.8 Å². The van der Waals surface area contributed by atoms with E-state index >= 15 is 0 Å². The number of anilines is 1. The van der Waals surface area contributed by atoms with Gasteiger partial charge in [0.15, 0.2) is 0 Å². The maximum absolute atomic E-state index is 13.8. The standard InChI is InChI=1S/C18H24FN3O/c1-5-12-10-13(19)11-14-15(12)20-17(21(4)16(14)23)22-8-6-18(2,3)7-9-22/h10-11H,5-9H2,1-4H3. The summed E-state index contributed by atoms with van der Waals surface area (Å²) in [4.78, 5) is 19.6. The van der Waals surface area contributed by atoms with E-state index in [9.17, 15) is 9.18 Å². The van der Waals surface area contributed by atoms with Gasteiger partial charge in [0.2, 0.25) is 5.95 Å². The van der Waals surface area contributed by atoms with Gasteiger partial charge in [0.25, 0.3) is 5.56 Å². The Hall–Kier alpha value is -1.91. The van der Waals surface area contributed by atoms with Crippen molar-refractivity contribution in [1.82, 2.24) is 9.55 Å². The second-order valence-electron chi connectivity index (χ2n) is 7.24. The van der Waals surface area contributed by atoms with E-state index in [4.69, 9.17) is 4.98 Å². The quantitative estimate of drug-likeness (QED) is 0.853. The number of piperidine rings is 1. The molecule has 1 aliphatic heterocycles. The fourth-order valence-electron chi connectivity index (χ4n) is 3.26. The molecule has 2 heterocycles. The molecule has 0 aliphatic carbocycles. The van der Waals surface area contributed by atoms with Crippen LogP contribution in [0, 0.1) is 11.2 Å². The summed E-state index contributed by atoms with van der Waals surface area (Å²) in [6, 6.07) is 2.78. The molecule has 5 heteroatoms. The van der Waals surface area contributed by atoms with Crippen molar-refractivity contribution in [1.29, 1.82) is 0 Å². The Morgan fingerprint density at radius 1 is 1.26 bits per heavy atom. The smallest absolute Gasteiger partial charge is 0.262 e. The number of aromatic nitrogens is 2. The van der Waals surface area contributed by atoms with E-state index in [0.29, 0.717) is 28.7 Å². The van der Waals surface area contributed by atoms with Gasteiger partial charge in [0, 0.05) is 20.1 Å². The molecule has 4 nitrogen and oxygen atoms in total.